The number of aromatic hydroxyl groups is 1. The van der Waals surface area contributed by atoms with Gasteiger partial charge in [0.15, 0.2) is 0 Å². The molecule has 31 heavy (non-hydrogen) atoms. The fourth-order valence-corrected chi connectivity index (χ4v) is 3.30. The molecule has 0 saturated heterocycles. The van der Waals surface area contributed by atoms with E-state index in [-0.39, 0.29) is 11.3 Å². The molecule has 3 N–H and O–H groups in total. The second kappa shape index (κ2) is 9.30. The number of nitrogens with one attached hydrogen (secondary N) is 2. The largest absolute Gasteiger partial charge is 0.508 e. The number of carbonyl (C=O) groups is 2. The van der Waals surface area contributed by atoms with Crippen molar-refractivity contribution in [2.24, 2.45) is 0 Å². The first kappa shape index (κ1) is 21.8. The highest BCUT2D eigenvalue weighted by Crippen LogP contribution is 2.21. The van der Waals surface area contributed by atoms with Crippen molar-refractivity contribution in [3.8, 4) is 5.75 Å². The van der Waals surface area contributed by atoms with Gasteiger partial charge in [-0.05, 0) is 74.7 Å². The van der Waals surface area contributed by atoms with Crippen molar-refractivity contribution in [2.45, 2.75) is 27.7 Å². The molecular weight excluding hydrogens is 388 g/mol. The van der Waals surface area contributed by atoms with Crippen LogP contribution >= 0.6 is 0 Å². The molecule has 5 heteroatoms. The average Bonchev–Trinajstić information content (AvgIpc) is 2.70. The molecule has 2 amide bonds. The van der Waals surface area contributed by atoms with Crippen LogP contribution in [0.15, 0.2) is 66.2 Å². The van der Waals surface area contributed by atoms with Crippen LogP contribution in [0, 0.1) is 27.7 Å². The first-order chi connectivity index (χ1) is 14.7. The topological polar surface area (TPSA) is 78.4 Å². The van der Waals surface area contributed by atoms with Crippen LogP contribution in [0.2, 0.25) is 0 Å². The molecule has 0 fully saturated rings. The summed E-state index contributed by atoms with van der Waals surface area (Å²) in [5, 5.41) is 15.4. The van der Waals surface area contributed by atoms with Gasteiger partial charge >= 0.3 is 0 Å². The summed E-state index contributed by atoms with van der Waals surface area (Å²) in [4.78, 5) is 26.2. The van der Waals surface area contributed by atoms with E-state index < -0.39 is 11.8 Å². The van der Waals surface area contributed by atoms with E-state index in [2.05, 4.69) is 10.6 Å². The van der Waals surface area contributed by atoms with Gasteiger partial charge in [0.1, 0.15) is 11.3 Å². The van der Waals surface area contributed by atoms with Crippen LogP contribution in [0.25, 0.3) is 6.08 Å². The van der Waals surface area contributed by atoms with Gasteiger partial charge in [-0.2, -0.15) is 0 Å². The Morgan fingerprint density at radius 1 is 0.742 bits per heavy atom. The van der Waals surface area contributed by atoms with Crippen LogP contribution in [0.4, 0.5) is 11.4 Å². The van der Waals surface area contributed by atoms with Gasteiger partial charge in [0.2, 0.25) is 0 Å². The fourth-order valence-electron chi connectivity index (χ4n) is 3.30. The number of anilines is 2. The van der Waals surface area contributed by atoms with Crippen LogP contribution in [0.1, 0.15) is 27.8 Å². The van der Waals surface area contributed by atoms with Crippen molar-refractivity contribution in [3.05, 3.63) is 94.1 Å². The predicted octanol–water partition coefficient (Wildman–Crippen LogP) is 5.29. The van der Waals surface area contributed by atoms with E-state index in [0.717, 1.165) is 22.3 Å². The van der Waals surface area contributed by atoms with Gasteiger partial charge in [-0.15, -0.1) is 0 Å². The summed E-state index contributed by atoms with van der Waals surface area (Å²) in [6.45, 7) is 7.75. The number of aryl methyl sites for hydroxylation is 4. The molecule has 0 heterocycles. The molecule has 0 aliphatic heterocycles. The zero-order chi connectivity index (χ0) is 22.5. The Morgan fingerprint density at radius 2 is 1.26 bits per heavy atom. The van der Waals surface area contributed by atoms with Crippen molar-refractivity contribution in [3.63, 3.8) is 0 Å². The van der Waals surface area contributed by atoms with Crippen LogP contribution in [0.3, 0.4) is 0 Å². The molecule has 0 radical (unpaired) electrons. The highest BCUT2D eigenvalue weighted by Gasteiger charge is 2.20. The maximum Gasteiger partial charge on any atom is 0.261 e. The van der Waals surface area contributed by atoms with Crippen LogP contribution in [-0.4, -0.2) is 16.9 Å². The molecule has 158 valence electrons. The summed E-state index contributed by atoms with van der Waals surface area (Å²) >= 11 is 0. The summed E-state index contributed by atoms with van der Waals surface area (Å²) in [5.74, 6) is -1.01. The first-order valence-electron chi connectivity index (χ1n) is 10.0. The van der Waals surface area contributed by atoms with Crippen molar-refractivity contribution >= 4 is 29.3 Å². The van der Waals surface area contributed by atoms with Gasteiger partial charge < -0.3 is 15.7 Å². The Bertz CT molecular complexity index is 1110. The fraction of sp³-hybridized carbons (Fsp3) is 0.154. The SMILES string of the molecule is Cc1ccc(NC(=O)C(=Cc2cccc(O)c2)C(=O)Nc2ccc(C)cc2C)c(C)c1. The Morgan fingerprint density at radius 3 is 1.71 bits per heavy atom. The first-order valence-corrected chi connectivity index (χ1v) is 10.0. The zero-order valence-electron chi connectivity index (χ0n) is 18.1. The molecule has 0 unspecified atom stereocenters. The van der Waals surface area contributed by atoms with Crippen LogP contribution < -0.4 is 10.6 Å². The lowest BCUT2D eigenvalue weighted by Gasteiger charge is -2.14. The average molecular weight is 415 g/mol. The number of rotatable bonds is 5. The van der Waals surface area contributed by atoms with E-state index in [0.29, 0.717) is 16.9 Å². The molecule has 5 nitrogen and oxygen atoms in total. The Kier molecular flexibility index (Phi) is 6.55. The van der Waals surface area contributed by atoms with E-state index in [9.17, 15) is 14.7 Å². The number of phenolic OH excluding ortho intramolecular Hbond substituents is 1. The minimum absolute atomic E-state index is 0.0534. The molecule has 0 spiro atoms. The number of amides is 2. The lowest BCUT2D eigenvalue weighted by molar-refractivity contribution is -0.118. The van der Waals surface area contributed by atoms with E-state index in [1.807, 2.05) is 64.1 Å². The second-order valence-electron chi connectivity index (χ2n) is 7.70. The molecule has 3 rings (SSSR count). The van der Waals surface area contributed by atoms with E-state index >= 15 is 0 Å². The predicted molar refractivity (Wildman–Crippen MR) is 125 cm³/mol. The van der Waals surface area contributed by atoms with E-state index in [1.165, 1.54) is 18.2 Å². The molecule has 0 bridgehead atoms. The number of hydrogen-bond acceptors (Lipinski definition) is 3. The number of carbonyl (C=O) groups excluding carboxylic acids is 2. The number of benzene rings is 3. The van der Waals surface area contributed by atoms with Gasteiger partial charge in [0.25, 0.3) is 11.8 Å². The standard InChI is InChI=1S/C26H26N2O3/c1-16-8-10-23(18(3)12-16)27-25(30)22(15-20-6-5-7-21(29)14-20)26(31)28-24-11-9-17(2)13-19(24)4/h5-15,29H,1-4H3,(H,27,30)(H,28,31). The maximum atomic E-state index is 13.1. The molecule has 0 aromatic heterocycles. The van der Waals surface area contributed by atoms with Crippen LogP contribution in [0.5, 0.6) is 5.75 Å². The Labute approximate surface area is 182 Å². The molecule has 0 aliphatic carbocycles. The third-order valence-corrected chi connectivity index (χ3v) is 4.93. The lowest BCUT2D eigenvalue weighted by Crippen LogP contribution is -2.26. The summed E-state index contributed by atoms with van der Waals surface area (Å²) in [7, 11) is 0. The van der Waals surface area contributed by atoms with Gasteiger partial charge in [0.05, 0.1) is 0 Å². The minimum atomic E-state index is -0.530. The van der Waals surface area contributed by atoms with Gasteiger partial charge in [-0.25, -0.2) is 0 Å². The molecule has 0 aliphatic rings. The van der Waals surface area contributed by atoms with Gasteiger partial charge in [0, 0.05) is 11.4 Å². The molecule has 3 aromatic carbocycles. The second-order valence-corrected chi connectivity index (χ2v) is 7.70. The Hall–Kier alpha value is -3.86. The highest BCUT2D eigenvalue weighted by atomic mass is 16.3. The quantitative estimate of drug-likeness (QED) is 0.302. The third-order valence-electron chi connectivity index (χ3n) is 4.93. The summed E-state index contributed by atoms with van der Waals surface area (Å²) in [6, 6.07) is 17.8. The van der Waals surface area contributed by atoms with Crippen molar-refractivity contribution in [1.29, 1.82) is 0 Å². The van der Waals surface area contributed by atoms with E-state index in [4.69, 9.17) is 0 Å². The van der Waals surface area contributed by atoms with Gasteiger partial charge in [-0.3, -0.25) is 9.59 Å². The van der Waals surface area contributed by atoms with Crippen molar-refractivity contribution in [2.75, 3.05) is 10.6 Å². The normalized spacial score (nSPS) is 10.3. The molecule has 3 aromatic rings. The third kappa shape index (κ3) is 5.60. The van der Waals surface area contributed by atoms with Crippen LogP contribution in [-0.2, 0) is 9.59 Å². The van der Waals surface area contributed by atoms with Gasteiger partial charge in [-0.1, -0.05) is 47.5 Å². The maximum absolute atomic E-state index is 13.1. The summed E-state index contributed by atoms with van der Waals surface area (Å²) < 4.78 is 0. The smallest absolute Gasteiger partial charge is 0.261 e. The number of hydrogen-bond donors (Lipinski definition) is 3. The Balaban J connectivity index is 1.95. The van der Waals surface area contributed by atoms with E-state index in [1.54, 1.807) is 12.1 Å². The minimum Gasteiger partial charge on any atom is -0.508 e. The van der Waals surface area contributed by atoms with Crippen molar-refractivity contribution in [1.82, 2.24) is 0 Å². The molecule has 0 saturated carbocycles. The number of phenols is 1. The van der Waals surface area contributed by atoms with Crippen molar-refractivity contribution < 1.29 is 14.7 Å². The molecule has 0 atom stereocenters. The monoisotopic (exact) mass is 414 g/mol. The zero-order valence-corrected chi connectivity index (χ0v) is 18.1. The lowest BCUT2D eigenvalue weighted by atomic mass is 10.1. The highest BCUT2D eigenvalue weighted by molar-refractivity contribution is 6.29. The summed E-state index contributed by atoms with van der Waals surface area (Å²) in [6.07, 6.45) is 1.47. The molecular formula is C26H26N2O3. The summed E-state index contributed by atoms with van der Waals surface area (Å²) in [5.41, 5.74) is 5.72.